The molecule has 0 fully saturated rings. The average molecular weight is 363 g/mol. The smallest absolute Gasteiger partial charge is 0.213 e. The Morgan fingerprint density at radius 2 is 1.70 bits per heavy atom. The molecule has 6 nitrogen and oxygen atoms in total. The molecule has 0 aliphatic heterocycles. The molecule has 0 aliphatic rings. The lowest BCUT2D eigenvalue weighted by Gasteiger charge is -2.21. The fourth-order valence-corrected chi connectivity index (χ4v) is 4.21. The summed E-state index contributed by atoms with van der Waals surface area (Å²) in [7, 11) is -6.99. The molecule has 1 aromatic carbocycles. The Morgan fingerprint density at radius 1 is 1.09 bits per heavy atom. The minimum Gasteiger partial charge on any atom is -0.213 e. The van der Waals surface area contributed by atoms with E-state index in [1.807, 2.05) is 13.8 Å². The van der Waals surface area contributed by atoms with Crippen molar-refractivity contribution in [1.82, 2.24) is 9.03 Å². The molecule has 0 unspecified atom stereocenters. The number of sulfonamides is 2. The van der Waals surface area contributed by atoms with Crippen LogP contribution in [0.4, 0.5) is 0 Å². The van der Waals surface area contributed by atoms with Crippen molar-refractivity contribution in [2.24, 2.45) is 5.92 Å². The van der Waals surface area contributed by atoms with Crippen LogP contribution in [0.3, 0.4) is 0 Å². The van der Waals surface area contributed by atoms with Crippen molar-refractivity contribution in [1.29, 1.82) is 0 Å². The Labute approximate surface area is 140 Å². The number of rotatable bonds is 9. The van der Waals surface area contributed by atoms with Crippen LogP contribution in [0.5, 0.6) is 0 Å². The lowest BCUT2D eigenvalue weighted by atomic mass is 10.1. The SMILES string of the molecule is Cc1ccccc1S(=O)(=O)NCCN(CCC(C)C)S(C)(=O)=O. The zero-order chi connectivity index (χ0) is 17.7. The van der Waals surface area contributed by atoms with Gasteiger partial charge < -0.3 is 0 Å². The monoisotopic (exact) mass is 362 g/mol. The predicted octanol–water partition coefficient (Wildman–Crippen LogP) is 1.58. The molecule has 0 amide bonds. The zero-order valence-electron chi connectivity index (χ0n) is 14.1. The van der Waals surface area contributed by atoms with Gasteiger partial charge in [0, 0.05) is 19.6 Å². The van der Waals surface area contributed by atoms with Gasteiger partial charge in [0.1, 0.15) is 0 Å². The molecule has 0 aliphatic carbocycles. The van der Waals surface area contributed by atoms with Crippen LogP contribution < -0.4 is 4.72 Å². The maximum absolute atomic E-state index is 12.3. The minimum absolute atomic E-state index is 0.0435. The number of aryl methyl sites for hydroxylation is 1. The molecular weight excluding hydrogens is 336 g/mol. The third-order valence-corrected chi connectivity index (χ3v) is 6.39. The molecule has 1 N–H and O–H groups in total. The molecular formula is C15H26N2O4S2. The van der Waals surface area contributed by atoms with E-state index in [4.69, 9.17) is 0 Å². The molecule has 0 saturated carbocycles. The lowest BCUT2D eigenvalue weighted by Crippen LogP contribution is -2.39. The van der Waals surface area contributed by atoms with Crippen LogP contribution in [0.15, 0.2) is 29.2 Å². The topological polar surface area (TPSA) is 83.6 Å². The molecule has 0 saturated heterocycles. The summed E-state index contributed by atoms with van der Waals surface area (Å²) in [6, 6.07) is 6.68. The van der Waals surface area contributed by atoms with E-state index in [1.165, 1.54) is 10.4 Å². The Hall–Kier alpha value is -0.960. The molecule has 0 bridgehead atoms. The van der Waals surface area contributed by atoms with Gasteiger partial charge in [-0.2, -0.15) is 0 Å². The van der Waals surface area contributed by atoms with Crippen LogP contribution in [-0.4, -0.2) is 47.0 Å². The van der Waals surface area contributed by atoms with Crippen molar-refractivity contribution in [3.8, 4) is 0 Å². The summed E-state index contributed by atoms with van der Waals surface area (Å²) in [4.78, 5) is 0.216. The summed E-state index contributed by atoms with van der Waals surface area (Å²) in [5.74, 6) is 0.378. The van der Waals surface area contributed by atoms with Crippen molar-refractivity contribution in [2.75, 3.05) is 25.9 Å². The fraction of sp³-hybridized carbons (Fsp3) is 0.600. The van der Waals surface area contributed by atoms with Crippen LogP contribution in [0.1, 0.15) is 25.8 Å². The van der Waals surface area contributed by atoms with Crippen molar-refractivity contribution < 1.29 is 16.8 Å². The van der Waals surface area contributed by atoms with Gasteiger partial charge in [-0.15, -0.1) is 0 Å². The summed E-state index contributed by atoms with van der Waals surface area (Å²) in [5.41, 5.74) is 0.653. The van der Waals surface area contributed by atoms with Crippen LogP contribution in [-0.2, 0) is 20.0 Å². The normalized spacial score (nSPS) is 13.0. The summed E-state index contributed by atoms with van der Waals surface area (Å²) in [5, 5.41) is 0. The van der Waals surface area contributed by atoms with Crippen LogP contribution in [0.25, 0.3) is 0 Å². The van der Waals surface area contributed by atoms with Gasteiger partial charge >= 0.3 is 0 Å². The van der Waals surface area contributed by atoms with Crippen LogP contribution in [0, 0.1) is 12.8 Å². The zero-order valence-corrected chi connectivity index (χ0v) is 15.7. The minimum atomic E-state index is -3.63. The van der Waals surface area contributed by atoms with Gasteiger partial charge in [0.15, 0.2) is 0 Å². The number of nitrogens with zero attached hydrogens (tertiary/aromatic N) is 1. The summed E-state index contributed by atoms with van der Waals surface area (Å²) in [6.07, 6.45) is 1.88. The van der Waals surface area contributed by atoms with Crippen molar-refractivity contribution in [3.63, 3.8) is 0 Å². The summed E-state index contributed by atoms with van der Waals surface area (Å²) >= 11 is 0. The first kappa shape index (κ1) is 20.1. The summed E-state index contributed by atoms with van der Waals surface area (Å²) in [6.45, 7) is 6.31. The Morgan fingerprint density at radius 3 is 2.22 bits per heavy atom. The molecule has 0 radical (unpaired) electrons. The van der Waals surface area contributed by atoms with Gasteiger partial charge in [-0.05, 0) is 30.9 Å². The van der Waals surface area contributed by atoms with E-state index in [0.717, 1.165) is 12.7 Å². The van der Waals surface area contributed by atoms with Gasteiger partial charge in [0.25, 0.3) is 0 Å². The molecule has 0 heterocycles. The van der Waals surface area contributed by atoms with E-state index >= 15 is 0 Å². The van der Waals surface area contributed by atoms with E-state index in [-0.39, 0.29) is 18.0 Å². The lowest BCUT2D eigenvalue weighted by molar-refractivity contribution is 0.385. The maximum atomic E-state index is 12.3. The first-order valence-corrected chi connectivity index (χ1v) is 10.9. The average Bonchev–Trinajstić information content (AvgIpc) is 2.41. The van der Waals surface area contributed by atoms with Gasteiger partial charge in [-0.1, -0.05) is 32.0 Å². The van der Waals surface area contributed by atoms with Gasteiger partial charge in [0.05, 0.1) is 11.2 Å². The maximum Gasteiger partial charge on any atom is 0.240 e. The van der Waals surface area contributed by atoms with E-state index in [2.05, 4.69) is 4.72 Å². The second kappa shape index (κ2) is 8.23. The molecule has 0 spiro atoms. The first-order valence-electron chi connectivity index (χ1n) is 7.54. The van der Waals surface area contributed by atoms with Crippen molar-refractivity contribution in [2.45, 2.75) is 32.1 Å². The van der Waals surface area contributed by atoms with Gasteiger partial charge in [-0.3, -0.25) is 0 Å². The number of nitrogens with one attached hydrogen (secondary N) is 1. The third-order valence-electron chi connectivity index (χ3n) is 3.46. The molecule has 0 atom stereocenters. The molecule has 1 rings (SSSR count). The highest BCUT2D eigenvalue weighted by molar-refractivity contribution is 7.89. The van der Waals surface area contributed by atoms with E-state index in [0.29, 0.717) is 18.0 Å². The Kier molecular flexibility index (Phi) is 7.19. The van der Waals surface area contributed by atoms with Gasteiger partial charge in [-0.25, -0.2) is 25.9 Å². The standard InChI is InChI=1S/C15H26N2O4S2/c1-13(2)9-11-17(22(4,18)19)12-10-16-23(20,21)15-8-6-5-7-14(15)3/h5-8,13,16H,9-12H2,1-4H3. The number of hydrogen-bond acceptors (Lipinski definition) is 4. The molecule has 8 heteroatoms. The van der Waals surface area contributed by atoms with Crippen LogP contribution >= 0.6 is 0 Å². The van der Waals surface area contributed by atoms with E-state index in [9.17, 15) is 16.8 Å². The Balaban J connectivity index is 2.71. The van der Waals surface area contributed by atoms with Gasteiger partial charge in [0.2, 0.25) is 20.0 Å². The largest absolute Gasteiger partial charge is 0.240 e. The highest BCUT2D eigenvalue weighted by atomic mass is 32.2. The predicted molar refractivity (Wildman–Crippen MR) is 92.2 cm³/mol. The van der Waals surface area contributed by atoms with E-state index in [1.54, 1.807) is 25.1 Å². The highest BCUT2D eigenvalue weighted by Crippen LogP contribution is 2.13. The molecule has 0 aromatic heterocycles. The molecule has 23 heavy (non-hydrogen) atoms. The van der Waals surface area contributed by atoms with Crippen molar-refractivity contribution in [3.05, 3.63) is 29.8 Å². The number of benzene rings is 1. The van der Waals surface area contributed by atoms with Crippen LogP contribution in [0.2, 0.25) is 0 Å². The van der Waals surface area contributed by atoms with E-state index < -0.39 is 20.0 Å². The first-order chi connectivity index (χ1) is 10.5. The fourth-order valence-electron chi connectivity index (χ4n) is 2.09. The highest BCUT2D eigenvalue weighted by Gasteiger charge is 2.19. The Bertz CT molecular complexity index is 713. The second-order valence-corrected chi connectivity index (χ2v) is 9.73. The third kappa shape index (κ3) is 6.58. The quantitative estimate of drug-likeness (QED) is 0.723. The molecule has 132 valence electrons. The van der Waals surface area contributed by atoms with Crippen molar-refractivity contribution >= 4 is 20.0 Å². The number of hydrogen-bond donors (Lipinski definition) is 1. The summed E-state index contributed by atoms with van der Waals surface area (Å²) < 4.78 is 51.9. The molecule has 1 aromatic rings. The second-order valence-electron chi connectivity index (χ2n) is 6.01.